The van der Waals surface area contributed by atoms with Crippen LogP contribution in [0.5, 0.6) is 0 Å². The lowest BCUT2D eigenvalue weighted by molar-refractivity contribution is 0.482. The first kappa shape index (κ1) is 16.6. The van der Waals surface area contributed by atoms with Crippen molar-refractivity contribution in [2.75, 3.05) is 36.0 Å². The van der Waals surface area contributed by atoms with E-state index in [0.717, 1.165) is 12.3 Å². The Balaban J connectivity index is 1.69. The highest BCUT2D eigenvalue weighted by molar-refractivity contribution is 7.85. The average molecular weight is 355 g/mol. The number of halogens is 2. The number of pyridine rings is 1. The molecule has 1 aromatic carbocycles. The Morgan fingerprint density at radius 1 is 1.00 bits per heavy atom. The van der Waals surface area contributed by atoms with Crippen LogP contribution in [0, 0.1) is 11.6 Å². The Morgan fingerprint density at radius 2 is 1.67 bits per heavy atom. The van der Waals surface area contributed by atoms with Crippen molar-refractivity contribution >= 4 is 21.6 Å². The van der Waals surface area contributed by atoms with E-state index in [1.54, 1.807) is 0 Å². The van der Waals surface area contributed by atoms with E-state index in [0.29, 0.717) is 37.7 Å². The monoisotopic (exact) mass is 355 g/mol. The minimum Gasteiger partial charge on any atom is -0.366 e. The van der Waals surface area contributed by atoms with E-state index >= 15 is 0 Å². The average Bonchev–Trinajstić information content (AvgIpc) is 2.54. The molecule has 0 atom stereocenters. The van der Waals surface area contributed by atoms with E-state index in [4.69, 9.17) is 4.55 Å². The number of hydrogen-bond acceptors (Lipinski definition) is 5. The summed E-state index contributed by atoms with van der Waals surface area (Å²) >= 11 is 0. The molecule has 3 rings (SSSR count). The molecule has 128 valence electrons. The lowest BCUT2D eigenvalue weighted by atomic mass is 10.2. The third-order valence-electron chi connectivity index (χ3n) is 3.87. The van der Waals surface area contributed by atoms with Gasteiger partial charge in [-0.2, -0.15) is 8.42 Å². The molecule has 1 aliphatic heterocycles. The number of piperazine rings is 1. The fourth-order valence-electron chi connectivity index (χ4n) is 2.63. The summed E-state index contributed by atoms with van der Waals surface area (Å²) in [4.78, 5) is 7.51. The summed E-state index contributed by atoms with van der Waals surface area (Å²) in [5, 5.41) is 0. The van der Waals surface area contributed by atoms with Gasteiger partial charge >= 0.3 is 0 Å². The maximum Gasteiger partial charge on any atom is 0.296 e. The van der Waals surface area contributed by atoms with Crippen LogP contribution in [-0.2, 0) is 10.1 Å². The van der Waals surface area contributed by atoms with Crippen LogP contribution in [0.2, 0.25) is 0 Å². The Hall–Kier alpha value is -2.26. The summed E-state index contributed by atoms with van der Waals surface area (Å²) in [6, 6.07) is 6.29. The van der Waals surface area contributed by atoms with Gasteiger partial charge in [-0.3, -0.25) is 4.55 Å². The molecule has 0 unspecified atom stereocenters. The molecule has 2 aromatic rings. The van der Waals surface area contributed by atoms with Gasteiger partial charge in [0.25, 0.3) is 10.1 Å². The van der Waals surface area contributed by atoms with Gasteiger partial charge < -0.3 is 9.80 Å². The smallest absolute Gasteiger partial charge is 0.296 e. The molecule has 1 aliphatic rings. The van der Waals surface area contributed by atoms with Crippen molar-refractivity contribution < 1.29 is 21.8 Å². The van der Waals surface area contributed by atoms with Crippen LogP contribution >= 0.6 is 0 Å². The molecule has 0 amide bonds. The molecular formula is C15H15F2N3O3S. The molecule has 0 saturated carbocycles. The maximum absolute atomic E-state index is 13.8. The van der Waals surface area contributed by atoms with Gasteiger partial charge in [0.1, 0.15) is 22.3 Å². The highest BCUT2D eigenvalue weighted by Gasteiger charge is 2.21. The van der Waals surface area contributed by atoms with Crippen molar-refractivity contribution in [3.63, 3.8) is 0 Å². The van der Waals surface area contributed by atoms with Crippen LogP contribution in [-0.4, -0.2) is 44.1 Å². The first-order valence-corrected chi connectivity index (χ1v) is 8.67. The Kier molecular flexibility index (Phi) is 4.37. The number of rotatable bonds is 3. The zero-order valence-electron chi connectivity index (χ0n) is 12.6. The molecule has 0 bridgehead atoms. The maximum atomic E-state index is 13.8. The zero-order chi connectivity index (χ0) is 17.3. The number of aromatic nitrogens is 1. The number of benzene rings is 1. The molecule has 1 fully saturated rings. The van der Waals surface area contributed by atoms with Crippen LogP contribution in [0.3, 0.4) is 0 Å². The van der Waals surface area contributed by atoms with E-state index in [1.807, 2.05) is 9.80 Å². The van der Waals surface area contributed by atoms with Gasteiger partial charge in [-0.1, -0.05) is 0 Å². The second-order valence-electron chi connectivity index (χ2n) is 5.40. The van der Waals surface area contributed by atoms with Crippen molar-refractivity contribution in [2.45, 2.75) is 4.90 Å². The third-order valence-corrected chi connectivity index (χ3v) is 4.71. The highest BCUT2D eigenvalue weighted by Crippen LogP contribution is 2.23. The van der Waals surface area contributed by atoms with Crippen LogP contribution in [0.1, 0.15) is 0 Å². The van der Waals surface area contributed by atoms with E-state index in [2.05, 4.69) is 4.98 Å². The molecule has 1 aromatic heterocycles. The van der Waals surface area contributed by atoms with Crippen LogP contribution in [0.4, 0.5) is 20.3 Å². The van der Waals surface area contributed by atoms with Gasteiger partial charge in [-0.15, -0.1) is 0 Å². The van der Waals surface area contributed by atoms with E-state index in [9.17, 15) is 17.2 Å². The summed E-state index contributed by atoms with van der Waals surface area (Å²) in [7, 11) is -4.26. The summed E-state index contributed by atoms with van der Waals surface area (Å²) in [6.07, 6.45) is 1.09. The molecule has 0 radical (unpaired) electrons. The Labute approximate surface area is 138 Å². The summed E-state index contributed by atoms with van der Waals surface area (Å²) in [6.45, 7) is 2.14. The minimum absolute atomic E-state index is 0.265. The van der Waals surface area contributed by atoms with Crippen LogP contribution in [0.25, 0.3) is 0 Å². The molecule has 0 aliphatic carbocycles. The molecule has 1 saturated heterocycles. The summed E-state index contributed by atoms with van der Waals surface area (Å²) in [5.41, 5.74) is 0.353. The number of hydrogen-bond donors (Lipinski definition) is 1. The number of nitrogens with zero attached hydrogens (tertiary/aromatic N) is 3. The Bertz CT molecular complexity index is 836. The molecule has 9 heteroatoms. The molecule has 1 N–H and O–H groups in total. The standard InChI is InChI=1S/C15H15F2N3O3S/c16-11-1-3-14(13(17)9-11)19-5-7-20(8-6-19)15-4-2-12(10-18-15)24(21,22)23/h1-4,9-10H,5-8H2,(H,21,22,23). The van der Waals surface area contributed by atoms with Gasteiger partial charge in [0, 0.05) is 32.2 Å². The first-order chi connectivity index (χ1) is 11.3. The molecule has 2 heterocycles. The van der Waals surface area contributed by atoms with E-state index in [1.165, 1.54) is 24.3 Å². The zero-order valence-corrected chi connectivity index (χ0v) is 13.4. The summed E-state index contributed by atoms with van der Waals surface area (Å²) < 4.78 is 57.8. The normalized spacial score (nSPS) is 15.6. The van der Waals surface area contributed by atoms with Crippen molar-refractivity contribution in [1.29, 1.82) is 0 Å². The van der Waals surface area contributed by atoms with Gasteiger partial charge in [-0.05, 0) is 24.3 Å². The second-order valence-corrected chi connectivity index (χ2v) is 6.82. The van der Waals surface area contributed by atoms with Gasteiger partial charge in [0.15, 0.2) is 0 Å². The molecular weight excluding hydrogens is 340 g/mol. The third kappa shape index (κ3) is 3.46. The molecule has 6 nitrogen and oxygen atoms in total. The van der Waals surface area contributed by atoms with E-state index in [-0.39, 0.29) is 4.90 Å². The lowest BCUT2D eigenvalue weighted by Gasteiger charge is -2.36. The Morgan fingerprint density at radius 3 is 2.21 bits per heavy atom. The van der Waals surface area contributed by atoms with Crippen molar-refractivity contribution in [1.82, 2.24) is 4.98 Å². The van der Waals surface area contributed by atoms with Gasteiger partial charge in [0.2, 0.25) is 0 Å². The SMILES string of the molecule is O=S(=O)(O)c1ccc(N2CCN(c3ccc(F)cc3F)CC2)nc1. The minimum atomic E-state index is -4.26. The lowest BCUT2D eigenvalue weighted by Crippen LogP contribution is -2.47. The van der Waals surface area contributed by atoms with E-state index < -0.39 is 21.8 Å². The van der Waals surface area contributed by atoms with Crippen molar-refractivity contribution in [3.8, 4) is 0 Å². The number of anilines is 2. The van der Waals surface area contributed by atoms with Gasteiger partial charge in [-0.25, -0.2) is 13.8 Å². The fraction of sp³-hybridized carbons (Fsp3) is 0.267. The molecule has 0 spiro atoms. The van der Waals surface area contributed by atoms with Crippen molar-refractivity contribution in [2.24, 2.45) is 0 Å². The van der Waals surface area contributed by atoms with Crippen LogP contribution in [0.15, 0.2) is 41.4 Å². The van der Waals surface area contributed by atoms with Gasteiger partial charge in [0.05, 0.1) is 11.9 Å². The van der Waals surface area contributed by atoms with Crippen molar-refractivity contribution in [3.05, 3.63) is 48.2 Å². The van der Waals surface area contributed by atoms with Crippen LogP contribution < -0.4 is 9.80 Å². The molecule has 24 heavy (non-hydrogen) atoms. The fourth-order valence-corrected chi connectivity index (χ4v) is 3.05. The highest BCUT2D eigenvalue weighted by atomic mass is 32.2. The summed E-state index contributed by atoms with van der Waals surface area (Å²) in [5.74, 6) is -0.640. The largest absolute Gasteiger partial charge is 0.366 e. The second kappa shape index (κ2) is 6.33. The predicted octanol–water partition coefficient (Wildman–Crippen LogP) is 1.93. The topological polar surface area (TPSA) is 73.7 Å². The quantitative estimate of drug-likeness (QED) is 0.848. The predicted molar refractivity (Wildman–Crippen MR) is 84.8 cm³/mol. The first-order valence-electron chi connectivity index (χ1n) is 7.23.